The summed E-state index contributed by atoms with van der Waals surface area (Å²) in [5.41, 5.74) is 5.34. The Labute approximate surface area is 115 Å². The first-order valence-electron chi connectivity index (χ1n) is 5.60. The third-order valence-corrected chi connectivity index (χ3v) is 2.91. The van der Waals surface area contributed by atoms with Gasteiger partial charge in [-0.1, -0.05) is 36.7 Å². The fourth-order valence-electron chi connectivity index (χ4n) is 1.66. The van der Waals surface area contributed by atoms with E-state index in [0.29, 0.717) is 0 Å². The van der Waals surface area contributed by atoms with E-state index in [0.717, 1.165) is 0 Å². The van der Waals surface area contributed by atoms with Crippen LogP contribution in [-0.4, -0.2) is 17.0 Å². The summed E-state index contributed by atoms with van der Waals surface area (Å²) in [6.07, 6.45) is 0. The lowest BCUT2D eigenvalue weighted by atomic mass is 9.93. The highest BCUT2D eigenvalue weighted by atomic mass is 35.5. The zero-order chi connectivity index (χ0) is 14.6. The second kappa shape index (κ2) is 6.38. The van der Waals surface area contributed by atoms with Gasteiger partial charge in [-0.05, 0) is 18.1 Å². The minimum atomic E-state index is -0.874. The van der Waals surface area contributed by atoms with Crippen molar-refractivity contribution >= 4 is 29.0 Å². The Hall–Kier alpha value is -1.82. The van der Waals surface area contributed by atoms with Crippen molar-refractivity contribution < 1.29 is 14.4 Å². The topological polar surface area (TPSA) is 87.7 Å². The standard InChI is InChI=1S/C12H15ClFN3O2/c1-6(2)9(11(15)17-19)12(18)16-10-7(13)4-3-5-8(10)14/h3-6,9,19H,1-2H3,(H2,15,17)(H,16,18). The molecule has 0 saturated carbocycles. The number of benzene rings is 1. The number of nitrogens with one attached hydrogen (secondary N) is 1. The normalized spacial score (nSPS) is 13.4. The van der Waals surface area contributed by atoms with Crippen molar-refractivity contribution in [2.24, 2.45) is 22.7 Å². The maximum Gasteiger partial charge on any atom is 0.235 e. The third kappa shape index (κ3) is 3.57. The van der Waals surface area contributed by atoms with E-state index in [2.05, 4.69) is 10.5 Å². The molecule has 0 spiro atoms. The molecule has 5 nitrogen and oxygen atoms in total. The first kappa shape index (κ1) is 15.2. The number of amides is 1. The van der Waals surface area contributed by atoms with Gasteiger partial charge in [-0.2, -0.15) is 0 Å². The third-order valence-electron chi connectivity index (χ3n) is 2.59. The van der Waals surface area contributed by atoms with Gasteiger partial charge in [-0.25, -0.2) is 4.39 Å². The summed E-state index contributed by atoms with van der Waals surface area (Å²) < 4.78 is 13.5. The molecule has 0 heterocycles. The second-order valence-corrected chi connectivity index (χ2v) is 4.74. The van der Waals surface area contributed by atoms with Gasteiger partial charge in [0.05, 0.1) is 10.7 Å². The second-order valence-electron chi connectivity index (χ2n) is 4.33. The van der Waals surface area contributed by atoms with E-state index >= 15 is 0 Å². The number of anilines is 1. The number of para-hydroxylation sites is 1. The van der Waals surface area contributed by atoms with Crippen molar-refractivity contribution in [3.8, 4) is 0 Å². The van der Waals surface area contributed by atoms with E-state index in [1.54, 1.807) is 13.8 Å². The van der Waals surface area contributed by atoms with E-state index in [1.807, 2.05) is 0 Å². The Morgan fingerprint density at radius 3 is 2.63 bits per heavy atom. The average Bonchev–Trinajstić information content (AvgIpc) is 2.33. The van der Waals surface area contributed by atoms with Crippen molar-refractivity contribution in [1.29, 1.82) is 0 Å². The average molecular weight is 288 g/mol. The SMILES string of the molecule is CC(C)C(C(=O)Nc1c(F)cccc1Cl)/C(N)=N/O. The molecule has 19 heavy (non-hydrogen) atoms. The molecule has 0 aromatic heterocycles. The van der Waals surface area contributed by atoms with Crippen LogP contribution in [0.25, 0.3) is 0 Å². The van der Waals surface area contributed by atoms with Gasteiger partial charge in [-0.3, -0.25) is 4.79 Å². The van der Waals surface area contributed by atoms with E-state index in [4.69, 9.17) is 22.5 Å². The minimum absolute atomic E-state index is 0.0790. The van der Waals surface area contributed by atoms with Gasteiger partial charge in [0.25, 0.3) is 0 Å². The van der Waals surface area contributed by atoms with Crippen molar-refractivity contribution in [2.75, 3.05) is 5.32 Å². The van der Waals surface area contributed by atoms with Crippen molar-refractivity contribution in [1.82, 2.24) is 0 Å². The number of nitrogens with zero attached hydrogens (tertiary/aromatic N) is 1. The van der Waals surface area contributed by atoms with Gasteiger partial charge in [0, 0.05) is 0 Å². The number of hydrogen-bond acceptors (Lipinski definition) is 3. The van der Waals surface area contributed by atoms with Crippen LogP contribution >= 0.6 is 11.6 Å². The number of amidine groups is 1. The molecule has 0 fully saturated rings. The highest BCUT2D eigenvalue weighted by molar-refractivity contribution is 6.33. The van der Waals surface area contributed by atoms with E-state index in [1.165, 1.54) is 18.2 Å². The van der Waals surface area contributed by atoms with Crippen LogP contribution in [0.2, 0.25) is 5.02 Å². The van der Waals surface area contributed by atoms with Crippen LogP contribution in [0.15, 0.2) is 23.4 Å². The number of carbonyl (C=O) groups is 1. The number of rotatable bonds is 4. The molecule has 1 atom stereocenters. The van der Waals surface area contributed by atoms with Gasteiger partial charge in [-0.15, -0.1) is 0 Å². The first-order chi connectivity index (χ1) is 8.88. The zero-order valence-electron chi connectivity index (χ0n) is 10.5. The Kier molecular flexibility index (Phi) is 5.11. The quantitative estimate of drug-likeness (QED) is 0.344. The van der Waals surface area contributed by atoms with Crippen molar-refractivity contribution in [3.05, 3.63) is 29.0 Å². The fourth-order valence-corrected chi connectivity index (χ4v) is 1.87. The Morgan fingerprint density at radius 1 is 1.53 bits per heavy atom. The van der Waals surface area contributed by atoms with Crippen molar-refractivity contribution in [2.45, 2.75) is 13.8 Å². The Morgan fingerprint density at radius 2 is 2.16 bits per heavy atom. The molecule has 1 rings (SSSR count). The number of oxime groups is 1. The molecule has 0 aliphatic rings. The lowest BCUT2D eigenvalue weighted by Crippen LogP contribution is -2.38. The van der Waals surface area contributed by atoms with E-state index in [9.17, 15) is 9.18 Å². The maximum atomic E-state index is 13.5. The van der Waals surface area contributed by atoms with Crippen LogP contribution in [0.4, 0.5) is 10.1 Å². The van der Waals surface area contributed by atoms with E-state index in [-0.39, 0.29) is 22.5 Å². The van der Waals surface area contributed by atoms with Crippen LogP contribution < -0.4 is 11.1 Å². The van der Waals surface area contributed by atoms with Crippen LogP contribution in [0.5, 0.6) is 0 Å². The molecule has 1 aromatic carbocycles. The highest BCUT2D eigenvalue weighted by Crippen LogP contribution is 2.26. The number of nitrogens with two attached hydrogens (primary N) is 1. The molecular formula is C12H15ClFN3O2. The molecule has 0 saturated heterocycles. The van der Waals surface area contributed by atoms with Gasteiger partial charge in [0.1, 0.15) is 11.7 Å². The number of hydrogen-bond donors (Lipinski definition) is 3. The molecule has 1 aromatic rings. The molecule has 0 radical (unpaired) electrons. The Bertz CT molecular complexity index is 485. The smallest absolute Gasteiger partial charge is 0.235 e. The van der Waals surface area contributed by atoms with Crippen molar-refractivity contribution in [3.63, 3.8) is 0 Å². The molecule has 104 valence electrons. The largest absolute Gasteiger partial charge is 0.409 e. The predicted molar refractivity (Wildman–Crippen MR) is 71.8 cm³/mol. The lowest BCUT2D eigenvalue weighted by Gasteiger charge is -2.19. The summed E-state index contributed by atoms with van der Waals surface area (Å²) in [5.74, 6) is -2.57. The molecule has 4 N–H and O–H groups in total. The molecule has 1 unspecified atom stereocenters. The number of halogens is 2. The van der Waals surface area contributed by atoms with E-state index < -0.39 is 17.6 Å². The summed E-state index contributed by atoms with van der Waals surface area (Å²) in [6, 6.07) is 4.06. The molecule has 0 aliphatic heterocycles. The van der Waals surface area contributed by atoms with Gasteiger partial charge < -0.3 is 16.3 Å². The van der Waals surface area contributed by atoms with Crippen LogP contribution in [0.3, 0.4) is 0 Å². The lowest BCUT2D eigenvalue weighted by molar-refractivity contribution is -0.119. The monoisotopic (exact) mass is 287 g/mol. The summed E-state index contributed by atoms with van der Waals surface area (Å²) in [7, 11) is 0. The van der Waals surface area contributed by atoms with Crippen LogP contribution in [-0.2, 0) is 4.79 Å². The van der Waals surface area contributed by atoms with Gasteiger partial charge in [0.15, 0.2) is 5.84 Å². The van der Waals surface area contributed by atoms with Gasteiger partial charge >= 0.3 is 0 Å². The molecular weight excluding hydrogens is 273 g/mol. The molecule has 1 amide bonds. The zero-order valence-corrected chi connectivity index (χ0v) is 11.3. The van der Waals surface area contributed by atoms with Crippen LogP contribution in [0.1, 0.15) is 13.8 Å². The molecule has 0 aliphatic carbocycles. The summed E-state index contributed by atoms with van der Waals surface area (Å²) >= 11 is 5.81. The first-order valence-corrected chi connectivity index (χ1v) is 5.98. The molecule has 7 heteroatoms. The number of carbonyl (C=O) groups excluding carboxylic acids is 1. The summed E-state index contributed by atoms with van der Waals surface area (Å²) in [4.78, 5) is 12.1. The highest BCUT2D eigenvalue weighted by Gasteiger charge is 2.27. The summed E-state index contributed by atoms with van der Waals surface area (Å²) in [6.45, 7) is 3.45. The fraction of sp³-hybridized carbons (Fsp3) is 0.333. The maximum absolute atomic E-state index is 13.5. The van der Waals surface area contributed by atoms with Crippen LogP contribution in [0, 0.1) is 17.7 Å². The van der Waals surface area contributed by atoms with Gasteiger partial charge in [0.2, 0.25) is 5.91 Å². The minimum Gasteiger partial charge on any atom is -0.409 e. The predicted octanol–water partition coefficient (Wildman–Crippen LogP) is 2.44. The Balaban J connectivity index is 3.01. The summed E-state index contributed by atoms with van der Waals surface area (Å²) in [5, 5.41) is 13.9. The molecule has 0 bridgehead atoms.